The van der Waals surface area contributed by atoms with Crippen LogP contribution in [0.5, 0.6) is 0 Å². The normalized spacial score (nSPS) is 15.0. The highest BCUT2D eigenvalue weighted by Gasteiger charge is 2.27. The molecule has 0 aromatic carbocycles. The van der Waals surface area contributed by atoms with E-state index >= 15 is 0 Å². The van der Waals surface area contributed by atoms with Gasteiger partial charge in [0.1, 0.15) is 5.15 Å². The zero-order chi connectivity index (χ0) is 19.3. The lowest BCUT2D eigenvalue weighted by Gasteiger charge is -2.24. The molecule has 3 rings (SSSR count). The highest BCUT2D eigenvalue weighted by Crippen LogP contribution is 2.18. The standard InChI is InChI=1S/C18H21ClN4O3S/c19-17-16(6-4-8-21-17)18(24)22(14-15-5-3-7-20-13-15)11-12-27(25,26)23-9-1-2-10-23/h3-8,13H,1-2,9-12,14H2. The molecular formula is C18H21ClN4O3S. The van der Waals surface area contributed by atoms with E-state index in [-0.39, 0.29) is 35.5 Å². The average Bonchev–Trinajstić information content (AvgIpc) is 3.22. The topological polar surface area (TPSA) is 83.5 Å². The second-order valence-electron chi connectivity index (χ2n) is 6.35. The number of pyridine rings is 2. The highest BCUT2D eigenvalue weighted by molar-refractivity contribution is 7.89. The summed E-state index contributed by atoms with van der Waals surface area (Å²) in [5.74, 6) is -0.481. The van der Waals surface area contributed by atoms with Gasteiger partial charge in [0.2, 0.25) is 10.0 Å². The minimum absolute atomic E-state index is 0.0672. The molecule has 0 aliphatic carbocycles. The lowest BCUT2D eigenvalue weighted by atomic mass is 10.2. The summed E-state index contributed by atoms with van der Waals surface area (Å²) >= 11 is 6.06. The number of hydrogen-bond donors (Lipinski definition) is 0. The number of aromatic nitrogens is 2. The van der Waals surface area contributed by atoms with Crippen molar-refractivity contribution in [2.45, 2.75) is 19.4 Å². The van der Waals surface area contributed by atoms with Crippen LogP contribution in [-0.2, 0) is 16.6 Å². The second-order valence-corrected chi connectivity index (χ2v) is 8.80. The van der Waals surface area contributed by atoms with Gasteiger partial charge in [-0.05, 0) is 36.6 Å². The molecule has 27 heavy (non-hydrogen) atoms. The maximum Gasteiger partial charge on any atom is 0.257 e. The van der Waals surface area contributed by atoms with Gasteiger partial charge in [0.05, 0.1) is 11.3 Å². The molecule has 7 nitrogen and oxygen atoms in total. The number of halogens is 1. The Balaban J connectivity index is 1.79. The molecule has 0 spiro atoms. The minimum atomic E-state index is -3.40. The van der Waals surface area contributed by atoms with Gasteiger partial charge in [0.25, 0.3) is 5.91 Å². The molecule has 0 bridgehead atoms. The predicted molar refractivity (Wildman–Crippen MR) is 103 cm³/mol. The zero-order valence-corrected chi connectivity index (χ0v) is 16.4. The summed E-state index contributed by atoms with van der Waals surface area (Å²) in [5.41, 5.74) is 1.06. The van der Waals surface area contributed by atoms with Gasteiger partial charge in [-0.15, -0.1) is 0 Å². The first-order valence-electron chi connectivity index (χ1n) is 8.74. The number of sulfonamides is 1. The molecule has 0 N–H and O–H groups in total. The molecule has 0 saturated carbocycles. The molecule has 1 aliphatic heterocycles. The van der Waals surface area contributed by atoms with Gasteiger partial charge >= 0.3 is 0 Å². The van der Waals surface area contributed by atoms with Crippen LogP contribution in [0.25, 0.3) is 0 Å². The van der Waals surface area contributed by atoms with Crippen LogP contribution in [0.3, 0.4) is 0 Å². The molecular weight excluding hydrogens is 388 g/mol. The van der Waals surface area contributed by atoms with Crippen LogP contribution in [0.15, 0.2) is 42.9 Å². The van der Waals surface area contributed by atoms with Gasteiger partial charge in [-0.2, -0.15) is 0 Å². The lowest BCUT2D eigenvalue weighted by molar-refractivity contribution is 0.0753. The predicted octanol–water partition coefficient (Wildman–Crippen LogP) is 2.20. The molecule has 1 fully saturated rings. The van der Waals surface area contributed by atoms with E-state index in [9.17, 15) is 13.2 Å². The molecule has 2 aromatic rings. The molecule has 9 heteroatoms. The Morgan fingerprint density at radius 1 is 1.19 bits per heavy atom. The number of carbonyl (C=O) groups is 1. The third-order valence-electron chi connectivity index (χ3n) is 4.45. The molecule has 0 atom stereocenters. The van der Waals surface area contributed by atoms with Crippen LogP contribution in [0.2, 0.25) is 5.15 Å². The van der Waals surface area contributed by atoms with E-state index in [0.717, 1.165) is 18.4 Å². The Hall–Kier alpha value is -2.03. The van der Waals surface area contributed by atoms with Crippen molar-refractivity contribution in [3.63, 3.8) is 0 Å². The van der Waals surface area contributed by atoms with Crippen molar-refractivity contribution in [2.24, 2.45) is 0 Å². The van der Waals surface area contributed by atoms with Gasteiger partial charge in [-0.1, -0.05) is 17.7 Å². The van der Waals surface area contributed by atoms with Crippen molar-refractivity contribution in [1.82, 2.24) is 19.2 Å². The fraction of sp³-hybridized carbons (Fsp3) is 0.389. The van der Waals surface area contributed by atoms with Crippen molar-refractivity contribution >= 4 is 27.5 Å². The van der Waals surface area contributed by atoms with Gasteiger partial charge < -0.3 is 4.90 Å². The summed E-state index contributed by atoms with van der Waals surface area (Å²) in [6, 6.07) is 6.83. The molecule has 0 radical (unpaired) electrons. The molecule has 0 unspecified atom stereocenters. The van der Waals surface area contributed by atoms with Crippen molar-refractivity contribution < 1.29 is 13.2 Å². The molecule has 1 aliphatic rings. The average molecular weight is 409 g/mol. The first kappa shape index (κ1) is 19.7. The number of nitrogens with zero attached hydrogens (tertiary/aromatic N) is 4. The van der Waals surface area contributed by atoms with Crippen LogP contribution >= 0.6 is 11.6 Å². The largest absolute Gasteiger partial charge is 0.333 e. The molecule has 1 saturated heterocycles. The van der Waals surface area contributed by atoms with Gasteiger partial charge in [0, 0.05) is 44.8 Å². The third kappa shape index (κ3) is 5.03. The summed E-state index contributed by atoms with van der Waals surface area (Å²) in [5, 5.41) is 0.0982. The van der Waals surface area contributed by atoms with Crippen molar-refractivity contribution in [3.8, 4) is 0 Å². The molecule has 144 valence electrons. The van der Waals surface area contributed by atoms with E-state index in [4.69, 9.17) is 11.6 Å². The monoisotopic (exact) mass is 408 g/mol. The van der Waals surface area contributed by atoms with Crippen molar-refractivity contribution in [3.05, 3.63) is 59.1 Å². The quantitative estimate of drug-likeness (QED) is 0.656. The highest BCUT2D eigenvalue weighted by atomic mass is 35.5. The number of rotatable bonds is 7. The summed E-state index contributed by atoms with van der Waals surface area (Å²) in [6.45, 7) is 1.41. The number of carbonyl (C=O) groups excluding carboxylic acids is 1. The summed E-state index contributed by atoms with van der Waals surface area (Å²) in [4.78, 5) is 22.5. The second kappa shape index (κ2) is 8.77. The SMILES string of the molecule is O=C(c1cccnc1Cl)N(CCS(=O)(=O)N1CCCC1)Cc1cccnc1. The van der Waals surface area contributed by atoms with Crippen LogP contribution in [0.1, 0.15) is 28.8 Å². The number of hydrogen-bond acceptors (Lipinski definition) is 5. The van der Waals surface area contributed by atoms with Gasteiger partial charge in [0.15, 0.2) is 0 Å². The Labute approximate surface area is 164 Å². The Morgan fingerprint density at radius 2 is 1.93 bits per heavy atom. The van der Waals surface area contributed by atoms with E-state index in [1.54, 1.807) is 30.6 Å². The van der Waals surface area contributed by atoms with E-state index in [0.29, 0.717) is 13.1 Å². The van der Waals surface area contributed by atoms with E-state index in [1.165, 1.54) is 15.4 Å². The fourth-order valence-corrected chi connectivity index (χ4v) is 4.73. The summed E-state index contributed by atoms with van der Waals surface area (Å²) in [6.07, 6.45) is 6.56. The molecule has 1 amide bonds. The Kier molecular flexibility index (Phi) is 6.41. The van der Waals surface area contributed by atoms with Crippen LogP contribution < -0.4 is 0 Å². The third-order valence-corrected chi connectivity index (χ3v) is 6.60. The van der Waals surface area contributed by atoms with Crippen LogP contribution in [0, 0.1) is 0 Å². The maximum atomic E-state index is 13.0. The minimum Gasteiger partial charge on any atom is -0.333 e. The van der Waals surface area contributed by atoms with E-state index < -0.39 is 10.0 Å². The Morgan fingerprint density at radius 3 is 2.59 bits per heavy atom. The summed E-state index contributed by atoms with van der Waals surface area (Å²) in [7, 11) is -3.40. The lowest BCUT2D eigenvalue weighted by Crippen LogP contribution is -2.39. The smallest absolute Gasteiger partial charge is 0.257 e. The van der Waals surface area contributed by atoms with Gasteiger partial charge in [-0.3, -0.25) is 9.78 Å². The van der Waals surface area contributed by atoms with Crippen molar-refractivity contribution in [2.75, 3.05) is 25.4 Å². The maximum absolute atomic E-state index is 13.0. The van der Waals surface area contributed by atoms with Gasteiger partial charge in [-0.25, -0.2) is 17.7 Å². The Bertz CT molecular complexity index is 886. The molecule has 3 heterocycles. The van der Waals surface area contributed by atoms with E-state index in [1.807, 2.05) is 6.07 Å². The van der Waals surface area contributed by atoms with E-state index in [2.05, 4.69) is 9.97 Å². The van der Waals surface area contributed by atoms with Crippen LogP contribution in [-0.4, -0.2) is 58.9 Å². The molecule has 2 aromatic heterocycles. The first-order chi connectivity index (χ1) is 13.0. The number of amides is 1. The summed E-state index contributed by atoms with van der Waals surface area (Å²) < 4.78 is 26.6. The van der Waals surface area contributed by atoms with Crippen molar-refractivity contribution in [1.29, 1.82) is 0 Å². The fourth-order valence-electron chi connectivity index (χ4n) is 3.00. The first-order valence-corrected chi connectivity index (χ1v) is 10.7. The zero-order valence-electron chi connectivity index (χ0n) is 14.8. The van der Waals surface area contributed by atoms with Crippen LogP contribution in [0.4, 0.5) is 0 Å².